The molecule has 3 unspecified atom stereocenters. The van der Waals surface area contributed by atoms with E-state index in [0.29, 0.717) is 0 Å². The zero-order valence-electron chi connectivity index (χ0n) is 9.45. The molecular formula is C14H18BrN. The molecule has 1 aromatic carbocycles. The molecule has 86 valence electrons. The Balaban J connectivity index is 1.82. The summed E-state index contributed by atoms with van der Waals surface area (Å²) in [5, 5.41) is 0. The smallest absolute Gasteiger partial charge is 0.0226 e. The third-order valence-electron chi connectivity index (χ3n) is 4.50. The van der Waals surface area contributed by atoms with E-state index in [1.54, 1.807) is 0 Å². The molecule has 0 amide bonds. The van der Waals surface area contributed by atoms with Crippen LogP contribution in [0, 0.1) is 11.8 Å². The summed E-state index contributed by atoms with van der Waals surface area (Å²) in [6.45, 7) is 0. The van der Waals surface area contributed by atoms with Crippen molar-refractivity contribution in [3.05, 3.63) is 34.3 Å². The molecule has 0 aliphatic heterocycles. The van der Waals surface area contributed by atoms with E-state index in [0.717, 1.165) is 18.3 Å². The van der Waals surface area contributed by atoms with Crippen LogP contribution in [0.5, 0.6) is 0 Å². The number of halogens is 1. The van der Waals surface area contributed by atoms with Gasteiger partial charge in [-0.15, -0.1) is 0 Å². The lowest BCUT2D eigenvalue weighted by molar-refractivity contribution is 0.269. The second-order valence-corrected chi connectivity index (χ2v) is 6.44. The van der Waals surface area contributed by atoms with Crippen LogP contribution in [0.25, 0.3) is 0 Å². The van der Waals surface area contributed by atoms with E-state index in [-0.39, 0.29) is 5.54 Å². The summed E-state index contributed by atoms with van der Waals surface area (Å²) in [4.78, 5) is 0. The molecule has 2 fully saturated rings. The van der Waals surface area contributed by atoms with Crippen LogP contribution in [-0.2, 0) is 6.42 Å². The molecule has 2 heteroatoms. The van der Waals surface area contributed by atoms with Crippen molar-refractivity contribution in [3.63, 3.8) is 0 Å². The summed E-state index contributed by atoms with van der Waals surface area (Å²) in [7, 11) is 0. The van der Waals surface area contributed by atoms with Gasteiger partial charge in [0, 0.05) is 10.0 Å². The number of fused-ring (bicyclic) bond motifs is 2. The van der Waals surface area contributed by atoms with E-state index in [4.69, 9.17) is 5.73 Å². The van der Waals surface area contributed by atoms with Gasteiger partial charge >= 0.3 is 0 Å². The van der Waals surface area contributed by atoms with Gasteiger partial charge < -0.3 is 5.73 Å². The van der Waals surface area contributed by atoms with E-state index in [2.05, 4.69) is 40.2 Å². The van der Waals surface area contributed by atoms with Crippen molar-refractivity contribution >= 4 is 15.9 Å². The van der Waals surface area contributed by atoms with E-state index in [1.165, 1.54) is 35.7 Å². The predicted octanol–water partition coefficient (Wildman–Crippen LogP) is 3.51. The van der Waals surface area contributed by atoms with Crippen LogP contribution in [0.15, 0.2) is 28.7 Å². The van der Waals surface area contributed by atoms with Crippen LogP contribution < -0.4 is 5.73 Å². The highest BCUT2D eigenvalue weighted by Crippen LogP contribution is 2.50. The lowest BCUT2D eigenvalue weighted by Gasteiger charge is -2.34. The fraction of sp³-hybridized carbons (Fsp3) is 0.571. The zero-order chi connectivity index (χ0) is 11.2. The van der Waals surface area contributed by atoms with Crippen molar-refractivity contribution in [2.45, 2.75) is 37.6 Å². The second kappa shape index (κ2) is 3.85. The molecule has 1 nitrogen and oxygen atoms in total. The maximum absolute atomic E-state index is 6.62. The van der Waals surface area contributed by atoms with Gasteiger partial charge in [0.05, 0.1) is 0 Å². The van der Waals surface area contributed by atoms with Crippen LogP contribution in [0.2, 0.25) is 0 Å². The van der Waals surface area contributed by atoms with E-state index >= 15 is 0 Å². The summed E-state index contributed by atoms with van der Waals surface area (Å²) in [5.41, 5.74) is 8.07. The van der Waals surface area contributed by atoms with E-state index < -0.39 is 0 Å². The Morgan fingerprint density at radius 2 is 2.12 bits per heavy atom. The molecule has 3 atom stereocenters. The lowest BCUT2D eigenvalue weighted by Crippen LogP contribution is -2.47. The molecule has 1 aromatic rings. The number of hydrogen-bond acceptors (Lipinski definition) is 1. The minimum absolute atomic E-state index is 0.0762. The van der Waals surface area contributed by atoms with Crippen molar-refractivity contribution in [3.8, 4) is 0 Å². The SMILES string of the molecule is NC1(Cc2ccccc2Br)CC2CCC1C2. The van der Waals surface area contributed by atoms with Crippen LogP contribution in [-0.4, -0.2) is 5.54 Å². The molecule has 0 heterocycles. The molecule has 2 aliphatic rings. The van der Waals surface area contributed by atoms with Crippen molar-refractivity contribution in [2.75, 3.05) is 0 Å². The summed E-state index contributed by atoms with van der Waals surface area (Å²) >= 11 is 3.63. The van der Waals surface area contributed by atoms with E-state index in [1.807, 2.05) is 0 Å². The molecule has 0 spiro atoms. The quantitative estimate of drug-likeness (QED) is 0.881. The van der Waals surface area contributed by atoms with Crippen molar-refractivity contribution in [1.29, 1.82) is 0 Å². The molecular weight excluding hydrogens is 262 g/mol. The van der Waals surface area contributed by atoms with Gasteiger partial charge in [-0.25, -0.2) is 0 Å². The highest BCUT2D eigenvalue weighted by atomic mass is 79.9. The lowest BCUT2D eigenvalue weighted by atomic mass is 9.77. The molecule has 16 heavy (non-hydrogen) atoms. The summed E-state index contributed by atoms with van der Waals surface area (Å²) < 4.78 is 1.21. The fourth-order valence-electron chi connectivity index (χ4n) is 3.70. The minimum atomic E-state index is 0.0762. The summed E-state index contributed by atoms with van der Waals surface area (Å²) in [5.74, 6) is 1.68. The van der Waals surface area contributed by atoms with Crippen molar-refractivity contribution in [2.24, 2.45) is 17.6 Å². The molecule has 3 rings (SSSR count). The Kier molecular flexibility index (Phi) is 2.60. The number of nitrogens with two attached hydrogens (primary N) is 1. The number of rotatable bonds is 2. The van der Waals surface area contributed by atoms with Crippen molar-refractivity contribution in [1.82, 2.24) is 0 Å². The number of benzene rings is 1. The largest absolute Gasteiger partial charge is 0.325 e. The Morgan fingerprint density at radius 1 is 1.31 bits per heavy atom. The van der Waals surface area contributed by atoms with Crippen molar-refractivity contribution < 1.29 is 0 Å². The Labute approximate surface area is 106 Å². The first kappa shape index (κ1) is 10.8. The van der Waals surface area contributed by atoms with Gasteiger partial charge in [0.2, 0.25) is 0 Å². The van der Waals surface area contributed by atoms with Gasteiger partial charge in [0.1, 0.15) is 0 Å². The Morgan fingerprint density at radius 3 is 2.75 bits per heavy atom. The van der Waals surface area contributed by atoms with Gasteiger partial charge in [-0.3, -0.25) is 0 Å². The third kappa shape index (κ3) is 1.72. The number of hydrogen-bond donors (Lipinski definition) is 1. The molecule has 0 radical (unpaired) electrons. The van der Waals surface area contributed by atoms with E-state index in [9.17, 15) is 0 Å². The average Bonchev–Trinajstić information content (AvgIpc) is 2.81. The van der Waals surface area contributed by atoms with Crippen LogP contribution >= 0.6 is 15.9 Å². The Bertz CT molecular complexity index is 403. The zero-order valence-corrected chi connectivity index (χ0v) is 11.0. The summed E-state index contributed by atoms with van der Waals surface area (Å²) in [6.07, 6.45) is 6.42. The van der Waals surface area contributed by atoms with Gasteiger partial charge in [0.15, 0.2) is 0 Å². The highest BCUT2D eigenvalue weighted by Gasteiger charge is 2.48. The maximum atomic E-state index is 6.62. The highest BCUT2D eigenvalue weighted by molar-refractivity contribution is 9.10. The van der Waals surface area contributed by atoms with Gasteiger partial charge in [-0.05, 0) is 49.1 Å². The molecule has 2 N–H and O–H groups in total. The molecule has 2 bridgehead atoms. The maximum Gasteiger partial charge on any atom is 0.0226 e. The molecule has 0 aromatic heterocycles. The second-order valence-electron chi connectivity index (χ2n) is 5.58. The topological polar surface area (TPSA) is 26.0 Å². The normalized spacial score (nSPS) is 36.9. The molecule has 2 saturated carbocycles. The standard InChI is InChI=1S/C14H18BrN/c15-13-4-2-1-3-11(13)9-14(16)8-10-5-6-12(14)7-10/h1-4,10,12H,5-9,16H2. The fourth-order valence-corrected chi connectivity index (χ4v) is 4.12. The third-order valence-corrected chi connectivity index (χ3v) is 5.27. The van der Waals surface area contributed by atoms with Gasteiger partial charge in [0.25, 0.3) is 0 Å². The molecule has 0 saturated heterocycles. The van der Waals surface area contributed by atoms with Crippen LogP contribution in [0.3, 0.4) is 0 Å². The van der Waals surface area contributed by atoms with Gasteiger partial charge in [-0.1, -0.05) is 40.5 Å². The Hall–Kier alpha value is -0.340. The average molecular weight is 280 g/mol. The minimum Gasteiger partial charge on any atom is -0.325 e. The summed E-state index contributed by atoms with van der Waals surface area (Å²) in [6, 6.07) is 8.49. The van der Waals surface area contributed by atoms with Crippen LogP contribution in [0.4, 0.5) is 0 Å². The molecule has 2 aliphatic carbocycles. The van der Waals surface area contributed by atoms with Crippen LogP contribution in [0.1, 0.15) is 31.2 Å². The first-order valence-corrected chi connectivity index (χ1v) is 6.99. The first-order chi connectivity index (χ1) is 7.67. The van der Waals surface area contributed by atoms with Gasteiger partial charge in [-0.2, -0.15) is 0 Å². The predicted molar refractivity (Wildman–Crippen MR) is 70.2 cm³/mol. The first-order valence-electron chi connectivity index (χ1n) is 6.20. The monoisotopic (exact) mass is 279 g/mol.